The fourth-order valence-electron chi connectivity index (χ4n) is 1.37. The van der Waals surface area contributed by atoms with E-state index in [0.717, 1.165) is 19.6 Å². The lowest BCUT2D eigenvalue weighted by Crippen LogP contribution is -2.36. The molecule has 0 aliphatic carbocycles. The SMILES string of the molecule is CCCCOC(C)CCCNC(C)(C)C. The van der Waals surface area contributed by atoms with Gasteiger partial charge < -0.3 is 10.1 Å². The van der Waals surface area contributed by atoms with E-state index in [9.17, 15) is 0 Å². The summed E-state index contributed by atoms with van der Waals surface area (Å²) in [5, 5.41) is 3.49. The molecule has 15 heavy (non-hydrogen) atoms. The van der Waals surface area contributed by atoms with Crippen molar-refractivity contribution < 1.29 is 4.74 Å². The lowest BCUT2D eigenvalue weighted by Gasteiger charge is -2.21. The van der Waals surface area contributed by atoms with Crippen LogP contribution in [0.3, 0.4) is 0 Å². The fraction of sp³-hybridized carbons (Fsp3) is 1.00. The summed E-state index contributed by atoms with van der Waals surface area (Å²) in [6, 6.07) is 0. The summed E-state index contributed by atoms with van der Waals surface area (Å²) in [5.74, 6) is 0. The largest absolute Gasteiger partial charge is 0.379 e. The van der Waals surface area contributed by atoms with Crippen molar-refractivity contribution in [1.29, 1.82) is 0 Å². The summed E-state index contributed by atoms with van der Waals surface area (Å²) in [5.41, 5.74) is 0.242. The van der Waals surface area contributed by atoms with Crippen molar-refractivity contribution in [2.45, 2.75) is 71.9 Å². The van der Waals surface area contributed by atoms with Crippen molar-refractivity contribution in [3.8, 4) is 0 Å². The van der Waals surface area contributed by atoms with Gasteiger partial charge in [-0.2, -0.15) is 0 Å². The van der Waals surface area contributed by atoms with E-state index in [4.69, 9.17) is 4.74 Å². The number of unbranched alkanes of at least 4 members (excludes halogenated alkanes) is 1. The lowest BCUT2D eigenvalue weighted by atomic mass is 10.1. The number of hydrogen-bond acceptors (Lipinski definition) is 2. The molecular formula is C13H29NO. The van der Waals surface area contributed by atoms with Crippen LogP contribution in [-0.4, -0.2) is 24.8 Å². The van der Waals surface area contributed by atoms with E-state index >= 15 is 0 Å². The third-order valence-electron chi connectivity index (χ3n) is 2.34. The van der Waals surface area contributed by atoms with Gasteiger partial charge in [0, 0.05) is 12.1 Å². The maximum Gasteiger partial charge on any atom is 0.0547 e. The Morgan fingerprint density at radius 3 is 2.40 bits per heavy atom. The zero-order valence-electron chi connectivity index (χ0n) is 11.2. The van der Waals surface area contributed by atoms with E-state index in [-0.39, 0.29) is 5.54 Å². The van der Waals surface area contributed by atoms with E-state index in [1.165, 1.54) is 19.3 Å². The monoisotopic (exact) mass is 215 g/mol. The normalized spacial score (nSPS) is 14.2. The predicted molar refractivity (Wildman–Crippen MR) is 67.3 cm³/mol. The minimum absolute atomic E-state index is 0.242. The summed E-state index contributed by atoms with van der Waals surface area (Å²) < 4.78 is 5.69. The van der Waals surface area contributed by atoms with E-state index in [0.29, 0.717) is 6.10 Å². The molecule has 0 aromatic rings. The van der Waals surface area contributed by atoms with Crippen molar-refractivity contribution >= 4 is 0 Å². The molecule has 0 aliphatic rings. The summed E-state index contributed by atoms with van der Waals surface area (Å²) in [4.78, 5) is 0. The first-order valence-corrected chi connectivity index (χ1v) is 6.32. The summed E-state index contributed by atoms with van der Waals surface area (Å²) in [6.45, 7) is 13.0. The fourth-order valence-corrected chi connectivity index (χ4v) is 1.37. The zero-order chi connectivity index (χ0) is 11.7. The molecular weight excluding hydrogens is 186 g/mol. The van der Waals surface area contributed by atoms with Crippen molar-refractivity contribution in [2.24, 2.45) is 0 Å². The highest BCUT2D eigenvalue weighted by molar-refractivity contribution is 4.69. The molecule has 0 saturated heterocycles. The van der Waals surface area contributed by atoms with Gasteiger partial charge in [-0.1, -0.05) is 13.3 Å². The first kappa shape index (κ1) is 14.9. The second-order valence-corrected chi connectivity index (χ2v) is 5.35. The Hall–Kier alpha value is -0.0800. The van der Waals surface area contributed by atoms with Gasteiger partial charge in [-0.25, -0.2) is 0 Å². The van der Waals surface area contributed by atoms with Crippen LogP contribution in [0.1, 0.15) is 60.3 Å². The standard InChI is InChI=1S/C13H29NO/c1-6-7-11-15-12(2)9-8-10-14-13(3,4)5/h12,14H,6-11H2,1-5H3. The van der Waals surface area contributed by atoms with Gasteiger partial charge in [-0.05, 0) is 53.5 Å². The number of ether oxygens (including phenoxy) is 1. The second-order valence-electron chi connectivity index (χ2n) is 5.35. The first-order chi connectivity index (χ1) is 6.95. The molecule has 0 aliphatic heterocycles. The van der Waals surface area contributed by atoms with Crippen LogP contribution in [0.4, 0.5) is 0 Å². The van der Waals surface area contributed by atoms with E-state index in [2.05, 4.69) is 39.9 Å². The molecule has 1 N–H and O–H groups in total. The topological polar surface area (TPSA) is 21.3 Å². The quantitative estimate of drug-likeness (QED) is 0.627. The maximum atomic E-state index is 5.69. The van der Waals surface area contributed by atoms with Gasteiger partial charge in [0.1, 0.15) is 0 Å². The molecule has 92 valence electrons. The molecule has 2 nitrogen and oxygen atoms in total. The van der Waals surface area contributed by atoms with Crippen LogP contribution in [0.25, 0.3) is 0 Å². The zero-order valence-corrected chi connectivity index (χ0v) is 11.2. The van der Waals surface area contributed by atoms with Crippen LogP contribution >= 0.6 is 0 Å². The Kier molecular flexibility index (Phi) is 8.07. The molecule has 0 heterocycles. The van der Waals surface area contributed by atoms with Crippen LogP contribution < -0.4 is 5.32 Å². The van der Waals surface area contributed by atoms with Crippen LogP contribution in [0.2, 0.25) is 0 Å². The molecule has 0 fully saturated rings. The third kappa shape index (κ3) is 11.8. The molecule has 0 radical (unpaired) electrons. The molecule has 0 bridgehead atoms. The van der Waals surface area contributed by atoms with Gasteiger partial charge in [0.05, 0.1) is 6.10 Å². The molecule has 0 amide bonds. The second kappa shape index (κ2) is 8.12. The van der Waals surface area contributed by atoms with Gasteiger partial charge >= 0.3 is 0 Å². The Morgan fingerprint density at radius 2 is 1.87 bits per heavy atom. The lowest BCUT2D eigenvalue weighted by molar-refractivity contribution is 0.0568. The maximum absolute atomic E-state index is 5.69. The molecule has 0 aromatic heterocycles. The highest BCUT2D eigenvalue weighted by Crippen LogP contribution is 2.04. The van der Waals surface area contributed by atoms with Crippen LogP contribution in [-0.2, 0) is 4.74 Å². The van der Waals surface area contributed by atoms with Crippen LogP contribution in [0.15, 0.2) is 0 Å². The smallest absolute Gasteiger partial charge is 0.0547 e. The molecule has 2 heteroatoms. The van der Waals surface area contributed by atoms with E-state index < -0.39 is 0 Å². The molecule has 0 aromatic carbocycles. The summed E-state index contributed by atoms with van der Waals surface area (Å²) >= 11 is 0. The van der Waals surface area contributed by atoms with Crippen molar-refractivity contribution in [3.63, 3.8) is 0 Å². The van der Waals surface area contributed by atoms with Gasteiger partial charge in [-0.15, -0.1) is 0 Å². The number of rotatable bonds is 8. The third-order valence-corrected chi connectivity index (χ3v) is 2.34. The molecule has 1 unspecified atom stereocenters. The summed E-state index contributed by atoms with van der Waals surface area (Å²) in [6.07, 6.45) is 5.18. The highest BCUT2D eigenvalue weighted by atomic mass is 16.5. The Balaban J connectivity index is 3.27. The number of hydrogen-bond donors (Lipinski definition) is 1. The average molecular weight is 215 g/mol. The van der Waals surface area contributed by atoms with Gasteiger partial charge in [-0.3, -0.25) is 0 Å². The molecule has 0 rings (SSSR count). The first-order valence-electron chi connectivity index (χ1n) is 6.32. The highest BCUT2D eigenvalue weighted by Gasteiger charge is 2.08. The summed E-state index contributed by atoms with van der Waals surface area (Å²) in [7, 11) is 0. The van der Waals surface area contributed by atoms with Crippen molar-refractivity contribution in [1.82, 2.24) is 5.32 Å². The van der Waals surface area contributed by atoms with Crippen LogP contribution in [0.5, 0.6) is 0 Å². The Morgan fingerprint density at radius 1 is 1.20 bits per heavy atom. The van der Waals surface area contributed by atoms with E-state index in [1.807, 2.05) is 0 Å². The molecule has 0 spiro atoms. The Bertz CT molecular complexity index is 140. The predicted octanol–water partition coefficient (Wildman–Crippen LogP) is 3.36. The minimum atomic E-state index is 0.242. The van der Waals surface area contributed by atoms with Gasteiger partial charge in [0.2, 0.25) is 0 Å². The van der Waals surface area contributed by atoms with E-state index in [1.54, 1.807) is 0 Å². The molecule has 0 saturated carbocycles. The Labute approximate surface area is 95.8 Å². The average Bonchev–Trinajstić information content (AvgIpc) is 2.11. The van der Waals surface area contributed by atoms with Crippen molar-refractivity contribution in [3.05, 3.63) is 0 Å². The van der Waals surface area contributed by atoms with Crippen LogP contribution in [0, 0.1) is 0 Å². The minimum Gasteiger partial charge on any atom is -0.379 e. The van der Waals surface area contributed by atoms with Crippen molar-refractivity contribution in [2.75, 3.05) is 13.2 Å². The molecule has 1 atom stereocenters. The van der Waals surface area contributed by atoms with Gasteiger partial charge in [0.25, 0.3) is 0 Å². The number of nitrogens with one attached hydrogen (secondary N) is 1. The van der Waals surface area contributed by atoms with Gasteiger partial charge in [0.15, 0.2) is 0 Å².